The van der Waals surface area contributed by atoms with Crippen LogP contribution in [0.1, 0.15) is 22.5 Å². The molecule has 2 aliphatic rings. The first-order chi connectivity index (χ1) is 17.5. The van der Waals surface area contributed by atoms with Crippen molar-refractivity contribution in [3.63, 3.8) is 0 Å². The summed E-state index contributed by atoms with van der Waals surface area (Å²) in [5.41, 5.74) is 5.95. The predicted octanol–water partition coefficient (Wildman–Crippen LogP) is 3.88. The van der Waals surface area contributed by atoms with Gasteiger partial charge in [-0.25, -0.2) is 0 Å². The van der Waals surface area contributed by atoms with Crippen LogP contribution in [0.3, 0.4) is 0 Å². The van der Waals surface area contributed by atoms with E-state index < -0.39 is 5.91 Å². The number of aromatic nitrogens is 1. The number of nitriles is 1. The minimum absolute atomic E-state index is 0.0543. The quantitative estimate of drug-likeness (QED) is 0.422. The van der Waals surface area contributed by atoms with E-state index >= 15 is 0 Å². The van der Waals surface area contributed by atoms with Gasteiger partial charge in [-0.1, -0.05) is 6.07 Å². The summed E-state index contributed by atoms with van der Waals surface area (Å²) in [4.78, 5) is 15.1. The lowest BCUT2D eigenvalue weighted by molar-refractivity contribution is -0.117. The molecule has 1 fully saturated rings. The fourth-order valence-electron chi connectivity index (χ4n) is 4.60. The molecule has 2 aromatic carbocycles. The average molecular weight is 485 g/mol. The highest BCUT2D eigenvalue weighted by molar-refractivity contribution is 6.01. The number of carbonyl (C=O) groups is 1. The Morgan fingerprint density at radius 2 is 1.75 bits per heavy atom. The van der Waals surface area contributed by atoms with Crippen molar-refractivity contribution in [1.82, 2.24) is 9.88 Å². The molecular formula is C28H28N4O4. The molecule has 1 amide bonds. The van der Waals surface area contributed by atoms with Gasteiger partial charge < -0.3 is 29.0 Å². The summed E-state index contributed by atoms with van der Waals surface area (Å²) in [6.45, 7) is 7.77. The van der Waals surface area contributed by atoms with Crippen LogP contribution in [0.4, 0.5) is 5.69 Å². The van der Waals surface area contributed by atoms with E-state index in [0.717, 1.165) is 54.5 Å². The molecule has 1 N–H and O–H groups in total. The Kier molecular flexibility index (Phi) is 6.65. The van der Waals surface area contributed by atoms with Gasteiger partial charge in [0.2, 0.25) is 6.79 Å². The molecule has 0 unspecified atom stereocenters. The zero-order valence-corrected chi connectivity index (χ0v) is 20.4. The molecule has 0 bridgehead atoms. The normalized spacial score (nSPS) is 15.0. The van der Waals surface area contributed by atoms with Crippen LogP contribution >= 0.6 is 0 Å². The minimum atomic E-state index is -0.421. The number of aryl methyl sites for hydroxylation is 1. The molecule has 0 atom stereocenters. The maximum absolute atomic E-state index is 12.8. The summed E-state index contributed by atoms with van der Waals surface area (Å²) < 4.78 is 18.3. The van der Waals surface area contributed by atoms with Gasteiger partial charge in [0.25, 0.3) is 5.91 Å². The van der Waals surface area contributed by atoms with Crippen molar-refractivity contribution in [2.24, 2.45) is 0 Å². The van der Waals surface area contributed by atoms with E-state index in [9.17, 15) is 10.1 Å². The predicted molar refractivity (Wildman–Crippen MR) is 136 cm³/mol. The molecule has 1 aromatic heterocycles. The molecule has 0 saturated carbocycles. The number of fused-ring (bicyclic) bond motifs is 1. The second kappa shape index (κ2) is 10.2. The second-order valence-corrected chi connectivity index (χ2v) is 8.82. The molecular weight excluding hydrogens is 456 g/mol. The van der Waals surface area contributed by atoms with Crippen molar-refractivity contribution in [3.8, 4) is 23.3 Å². The maximum Gasteiger partial charge on any atom is 0.262 e. The van der Waals surface area contributed by atoms with E-state index in [1.165, 1.54) is 5.69 Å². The number of amides is 1. The standard InChI is InChI=1S/C28H28N4O4/c1-19-13-22(20(2)32(19)25-6-4-24(5-7-25)31-9-11-34-12-10-31)15-23(16-29)28(33)30-17-21-3-8-26-27(14-21)36-18-35-26/h3-8,13-15H,9-12,17-18H2,1-2H3,(H,30,33)/b23-15+. The lowest BCUT2D eigenvalue weighted by Crippen LogP contribution is -2.36. The second-order valence-electron chi connectivity index (χ2n) is 8.82. The molecule has 0 aliphatic carbocycles. The van der Waals surface area contributed by atoms with Gasteiger partial charge in [0.15, 0.2) is 11.5 Å². The number of nitrogens with zero attached hydrogens (tertiary/aromatic N) is 3. The number of rotatable bonds is 6. The topological polar surface area (TPSA) is 88.8 Å². The molecule has 3 aromatic rings. The zero-order valence-electron chi connectivity index (χ0n) is 20.4. The van der Waals surface area contributed by atoms with Crippen LogP contribution in [0.15, 0.2) is 54.1 Å². The van der Waals surface area contributed by atoms with E-state index in [-0.39, 0.29) is 18.9 Å². The van der Waals surface area contributed by atoms with Gasteiger partial charge in [-0.05, 0) is 73.5 Å². The molecule has 184 valence electrons. The number of carbonyl (C=O) groups excluding carboxylic acids is 1. The van der Waals surface area contributed by atoms with Crippen molar-refractivity contribution in [2.75, 3.05) is 38.0 Å². The molecule has 8 heteroatoms. The van der Waals surface area contributed by atoms with Crippen molar-refractivity contribution < 1.29 is 19.0 Å². The van der Waals surface area contributed by atoms with E-state index in [1.807, 2.05) is 44.2 Å². The number of hydrogen-bond donors (Lipinski definition) is 1. The van der Waals surface area contributed by atoms with Crippen molar-refractivity contribution in [3.05, 3.63) is 76.6 Å². The first-order valence-electron chi connectivity index (χ1n) is 11.9. The smallest absolute Gasteiger partial charge is 0.262 e. The SMILES string of the molecule is Cc1cc(/C=C(\C#N)C(=O)NCc2ccc3c(c2)OCO3)c(C)n1-c1ccc(N2CCOCC2)cc1. The number of anilines is 1. The molecule has 36 heavy (non-hydrogen) atoms. The first-order valence-corrected chi connectivity index (χ1v) is 11.9. The van der Waals surface area contributed by atoms with Gasteiger partial charge in [-0.2, -0.15) is 5.26 Å². The third-order valence-electron chi connectivity index (χ3n) is 6.51. The number of ether oxygens (including phenoxy) is 3. The molecule has 1 saturated heterocycles. The summed E-state index contributed by atoms with van der Waals surface area (Å²) in [5, 5.41) is 12.5. The molecule has 3 heterocycles. The third-order valence-corrected chi connectivity index (χ3v) is 6.51. The van der Waals surface area contributed by atoms with Crippen molar-refractivity contribution >= 4 is 17.7 Å². The van der Waals surface area contributed by atoms with Crippen LogP contribution in [-0.4, -0.2) is 43.6 Å². The molecule has 0 spiro atoms. The Morgan fingerprint density at radius 1 is 1.03 bits per heavy atom. The largest absolute Gasteiger partial charge is 0.454 e. The van der Waals surface area contributed by atoms with Crippen molar-refractivity contribution in [1.29, 1.82) is 5.26 Å². The minimum Gasteiger partial charge on any atom is -0.454 e. The molecule has 8 nitrogen and oxygen atoms in total. The highest BCUT2D eigenvalue weighted by atomic mass is 16.7. The van der Waals surface area contributed by atoms with Crippen LogP contribution in [0.25, 0.3) is 11.8 Å². The van der Waals surface area contributed by atoms with Gasteiger partial charge in [-0.15, -0.1) is 0 Å². The Balaban J connectivity index is 1.31. The average Bonchev–Trinajstić information content (AvgIpc) is 3.49. The van der Waals surface area contributed by atoms with E-state index in [0.29, 0.717) is 11.5 Å². The van der Waals surface area contributed by atoms with E-state index in [1.54, 1.807) is 6.08 Å². The van der Waals surface area contributed by atoms with Gasteiger partial charge in [0, 0.05) is 42.4 Å². The van der Waals surface area contributed by atoms with Crippen molar-refractivity contribution in [2.45, 2.75) is 20.4 Å². The Bertz CT molecular complexity index is 1350. The fourth-order valence-corrected chi connectivity index (χ4v) is 4.60. The maximum atomic E-state index is 12.8. The van der Waals surface area contributed by atoms with Gasteiger partial charge >= 0.3 is 0 Å². The summed E-state index contributed by atoms with van der Waals surface area (Å²) in [6.07, 6.45) is 1.65. The lowest BCUT2D eigenvalue weighted by Gasteiger charge is -2.29. The number of morpholine rings is 1. The van der Waals surface area contributed by atoms with Crippen LogP contribution < -0.4 is 19.7 Å². The molecule has 0 radical (unpaired) electrons. The van der Waals surface area contributed by atoms with Crippen LogP contribution in [-0.2, 0) is 16.1 Å². The lowest BCUT2D eigenvalue weighted by atomic mass is 10.1. The highest BCUT2D eigenvalue weighted by Gasteiger charge is 2.17. The summed E-state index contributed by atoms with van der Waals surface area (Å²) in [7, 11) is 0. The summed E-state index contributed by atoms with van der Waals surface area (Å²) in [6, 6.07) is 18.0. The highest BCUT2D eigenvalue weighted by Crippen LogP contribution is 2.32. The molecule has 5 rings (SSSR count). The molecule has 2 aliphatic heterocycles. The monoisotopic (exact) mass is 484 g/mol. The van der Waals surface area contributed by atoms with Gasteiger partial charge in [-0.3, -0.25) is 4.79 Å². The van der Waals surface area contributed by atoms with E-state index in [2.05, 4.69) is 39.0 Å². The first kappa shape index (κ1) is 23.5. The van der Waals surface area contributed by atoms with Crippen LogP contribution in [0.2, 0.25) is 0 Å². The van der Waals surface area contributed by atoms with Crippen LogP contribution in [0, 0.1) is 25.2 Å². The van der Waals surface area contributed by atoms with Gasteiger partial charge in [0.1, 0.15) is 11.6 Å². The van der Waals surface area contributed by atoms with E-state index in [4.69, 9.17) is 14.2 Å². The Hall–Kier alpha value is -4.22. The Morgan fingerprint density at radius 3 is 2.50 bits per heavy atom. The number of nitrogens with one attached hydrogen (secondary N) is 1. The Labute approximate surface area is 210 Å². The third kappa shape index (κ3) is 4.79. The number of hydrogen-bond acceptors (Lipinski definition) is 6. The summed E-state index contributed by atoms with van der Waals surface area (Å²) >= 11 is 0. The zero-order chi connectivity index (χ0) is 25.1. The van der Waals surface area contributed by atoms with Crippen LogP contribution in [0.5, 0.6) is 11.5 Å². The number of benzene rings is 2. The summed E-state index contributed by atoms with van der Waals surface area (Å²) in [5.74, 6) is 0.923. The fraction of sp³-hybridized carbons (Fsp3) is 0.286. The van der Waals surface area contributed by atoms with Gasteiger partial charge in [0.05, 0.1) is 13.2 Å².